The number of thiazole rings is 1. The van der Waals surface area contributed by atoms with Crippen LogP contribution in [-0.2, 0) is 0 Å². The number of hydrogen-bond donors (Lipinski definition) is 2. The van der Waals surface area contributed by atoms with Gasteiger partial charge in [0.1, 0.15) is 5.75 Å². The Morgan fingerprint density at radius 2 is 2.00 bits per heavy atom. The van der Waals surface area contributed by atoms with E-state index in [1.54, 1.807) is 7.11 Å². The lowest BCUT2D eigenvalue weighted by Gasteiger charge is -2.11. The van der Waals surface area contributed by atoms with Gasteiger partial charge in [-0.2, -0.15) is 0 Å². The molecule has 1 aromatic heterocycles. The van der Waals surface area contributed by atoms with Gasteiger partial charge in [0, 0.05) is 5.56 Å². The molecule has 0 aliphatic rings. The lowest BCUT2D eigenvalue weighted by Crippen LogP contribution is -2.05. The number of nitrogens with zero attached hydrogens (tertiary/aromatic N) is 1. The minimum Gasteiger partial charge on any atom is -0.496 e. The van der Waals surface area contributed by atoms with Crippen LogP contribution in [0.4, 0.5) is 5.13 Å². The van der Waals surface area contributed by atoms with E-state index < -0.39 is 0 Å². The molecule has 5 heteroatoms. The van der Waals surface area contributed by atoms with E-state index in [-0.39, 0.29) is 0 Å². The van der Waals surface area contributed by atoms with E-state index in [9.17, 15) is 0 Å². The van der Waals surface area contributed by atoms with Crippen LogP contribution in [0.15, 0.2) is 36.4 Å². The molecule has 2 aromatic carbocycles. The summed E-state index contributed by atoms with van der Waals surface area (Å²) < 4.78 is 5.53. The average Bonchev–Trinajstić information content (AvgIpc) is 2.86. The number of nitrogen functional groups attached to an aromatic ring is 1. The number of hydrogen-bond acceptors (Lipinski definition) is 5. The second kappa shape index (κ2) is 5.11. The Hall–Kier alpha value is -2.11. The lowest BCUT2D eigenvalue weighted by molar-refractivity contribution is 0.417. The molecule has 0 amide bonds. The smallest absolute Gasteiger partial charge is 0.197 e. The van der Waals surface area contributed by atoms with Gasteiger partial charge in [-0.3, -0.25) is 5.43 Å². The summed E-state index contributed by atoms with van der Waals surface area (Å²) in [6.07, 6.45) is 0. The van der Waals surface area contributed by atoms with Crippen molar-refractivity contribution < 1.29 is 4.74 Å². The average molecular weight is 285 g/mol. The molecule has 0 aliphatic carbocycles. The molecule has 3 N–H and O–H groups in total. The van der Waals surface area contributed by atoms with Crippen LogP contribution in [0, 0.1) is 6.92 Å². The highest BCUT2D eigenvalue weighted by molar-refractivity contribution is 7.19. The predicted octanol–water partition coefficient (Wildman–Crippen LogP) is 3.57. The van der Waals surface area contributed by atoms with Gasteiger partial charge < -0.3 is 4.74 Å². The van der Waals surface area contributed by atoms with E-state index >= 15 is 0 Å². The summed E-state index contributed by atoms with van der Waals surface area (Å²) in [5.41, 5.74) is 4.62. The molecule has 0 saturated carbocycles. The fourth-order valence-electron chi connectivity index (χ4n) is 2.35. The molecule has 3 rings (SSSR count). The first-order valence-corrected chi connectivity index (χ1v) is 7.06. The van der Waals surface area contributed by atoms with Gasteiger partial charge >= 0.3 is 0 Å². The molecule has 0 aliphatic heterocycles. The summed E-state index contributed by atoms with van der Waals surface area (Å²) in [5.74, 6) is 6.31. The van der Waals surface area contributed by atoms with Crippen molar-refractivity contribution in [2.75, 3.05) is 12.5 Å². The molecule has 0 atom stereocenters. The Morgan fingerprint density at radius 3 is 2.70 bits per heavy atom. The van der Waals surface area contributed by atoms with Gasteiger partial charge in [0.25, 0.3) is 0 Å². The number of fused-ring (bicyclic) bond motifs is 1. The van der Waals surface area contributed by atoms with Crippen LogP contribution >= 0.6 is 11.3 Å². The van der Waals surface area contributed by atoms with Crippen molar-refractivity contribution >= 4 is 27.2 Å². The van der Waals surface area contributed by atoms with Crippen molar-refractivity contribution in [1.29, 1.82) is 0 Å². The predicted molar refractivity (Wildman–Crippen MR) is 84.2 cm³/mol. The van der Waals surface area contributed by atoms with Crippen molar-refractivity contribution in [2.24, 2.45) is 5.84 Å². The van der Waals surface area contributed by atoms with Crippen molar-refractivity contribution in [2.45, 2.75) is 6.92 Å². The standard InChI is InChI=1S/C15H15N3OS/c1-9-14(20-15(17-9)18-16)13-11-6-4-3-5-10(11)7-8-12(13)19-2/h3-8H,16H2,1-2H3,(H,17,18). The summed E-state index contributed by atoms with van der Waals surface area (Å²) in [5, 5.41) is 3.04. The van der Waals surface area contributed by atoms with Crippen LogP contribution in [-0.4, -0.2) is 12.1 Å². The second-order valence-electron chi connectivity index (χ2n) is 4.44. The van der Waals surface area contributed by atoms with Crippen molar-refractivity contribution in [1.82, 2.24) is 4.98 Å². The minimum atomic E-state index is 0.701. The number of rotatable bonds is 3. The molecule has 0 fully saturated rings. The fraction of sp³-hybridized carbons (Fsp3) is 0.133. The number of aryl methyl sites for hydroxylation is 1. The highest BCUT2D eigenvalue weighted by atomic mass is 32.1. The third-order valence-electron chi connectivity index (χ3n) is 3.26. The van der Waals surface area contributed by atoms with E-state index in [2.05, 4.69) is 28.6 Å². The van der Waals surface area contributed by atoms with Gasteiger partial charge in [-0.25, -0.2) is 10.8 Å². The molecule has 0 spiro atoms. The Morgan fingerprint density at radius 1 is 1.20 bits per heavy atom. The quantitative estimate of drug-likeness (QED) is 0.570. The number of hydrazine groups is 1. The van der Waals surface area contributed by atoms with Gasteiger partial charge in [0.15, 0.2) is 5.13 Å². The highest BCUT2D eigenvalue weighted by Gasteiger charge is 2.16. The second-order valence-corrected chi connectivity index (χ2v) is 5.44. The zero-order chi connectivity index (χ0) is 14.1. The molecule has 3 aromatic rings. The topological polar surface area (TPSA) is 60.2 Å². The van der Waals surface area contributed by atoms with Crippen LogP contribution in [0.2, 0.25) is 0 Å². The first-order chi connectivity index (χ1) is 9.74. The Balaban J connectivity index is 2.35. The molecule has 0 unspecified atom stereocenters. The molecular weight excluding hydrogens is 270 g/mol. The van der Waals surface area contributed by atoms with E-state index in [1.165, 1.54) is 16.7 Å². The Kier molecular flexibility index (Phi) is 3.30. The first kappa shape index (κ1) is 12.9. The summed E-state index contributed by atoms with van der Waals surface area (Å²) in [6.45, 7) is 1.98. The Labute approximate surface area is 121 Å². The number of nitrogens with one attached hydrogen (secondary N) is 1. The van der Waals surface area contributed by atoms with Gasteiger partial charge in [-0.15, -0.1) is 0 Å². The largest absolute Gasteiger partial charge is 0.496 e. The zero-order valence-corrected chi connectivity index (χ0v) is 12.1. The maximum Gasteiger partial charge on any atom is 0.197 e. The van der Waals surface area contributed by atoms with Gasteiger partial charge in [0.05, 0.1) is 17.7 Å². The van der Waals surface area contributed by atoms with E-state index in [0.29, 0.717) is 5.13 Å². The number of methoxy groups -OCH3 is 1. The maximum atomic E-state index is 5.53. The first-order valence-electron chi connectivity index (χ1n) is 6.24. The molecule has 102 valence electrons. The van der Waals surface area contributed by atoms with Gasteiger partial charge in [-0.1, -0.05) is 41.7 Å². The van der Waals surface area contributed by atoms with Crippen LogP contribution in [0.5, 0.6) is 5.75 Å². The number of benzene rings is 2. The molecule has 0 bridgehead atoms. The van der Waals surface area contributed by atoms with Crippen LogP contribution in [0.1, 0.15) is 5.69 Å². The van der Waals surface area contributed by atoms with Crippen LogP contribution in [0.25, 0.3) is 21.2 Å². The highest BCUT2D eigenvalue weighted by Crippen LogP contribution is 2.42. The normalized spacial score (nSPS) is 10.8. The third-order valence-corrected chi connectivity index (χ3v) is 4.36. The molecule has 0 saturated heterocycles. The Bertz CT molecular complexity index is 767. The fourth-order valence-corrected chi connectivity index (χ4v) is 3.29. The summed E-state index contributed by atoms with van der Waals surface area (Å²) in [7, 11) is 1.69. The third kappa shape index (κ3) is 2.01. The minimum absolute atomic E-state index is 0.701. The molecule has 1 heterocycles. The summed E-state index contributed by atoms with van der Waals surface area (Å²) in [4.78, 5) is 5.49. The molecular formula is C15H15N3OS. The maximum absolute atomic E-state index is 5.53. The van der Waals surface area contributed by atoms with Crippen molar-refractivity contribution in [3.63, 3.8) is 0 Å². The molecule has 20 heavy (non-hydrogen) atoms. The summed E-state index contributed by atoms with van der Waals surface area (Å²) >= 11 is 1.53. The van der Waals surface area contributed by atoms with E-state index in [0.717, 1.165) is 27.3 Å². The molecule has 0 radical (unpaired) electrons. The van der Waals surface area contributed by atoms with Crippen molar-refractivity contribution in [3.8, 4) is 16.2 Å². The molecule has 4 nitrogen and oxygen atoms in total. The van der Waals surface area contributed by atoms with Gasteiger partial charge in [0.2, 0.25) is 0 Å². The number of anilines is 1. The SMILES string of the molecule is COc1ccc2ccccc2c1-c1sc(NN)nc1C. The summed E-state index contributed by atoms with van der Waals surface area (Å²) in [6, 6.07) is 12.3. The van der Waals surface area contributed by atoms with Crippen LogP contribution in [0.3, 0.4) is 0 Å². The van der Waals surface area contributed by atoms with E-state index in [1.807, 2.05) is 25.1 Å². The van der Waals surface area contributed by atoms with Gasteiger partial charge in [-0.05, 0) is 23.8 Å². The lowest BCUT2D eigenvalue weighted by atomic mass is 10.0. The number of aromatic nitrogens is 1. The van der Waals surface area contributed by atoms with Crippen LogP contribution < -0.4 is 16.0 Å². The zero-order valence-electron chi connectivity index (χ0n) is 11.3. The number of ether oxygens (including phenoxy) is 1. The van der Waals surface area contributed by atoms with Crippen molar-refractivity contribution in [3.05, 3.63) is 42.1 Å². The monoisotopic (exact) mass is 285 g/mol. The van der Waals surface area contributed by atoms with E-state index in [4.69, 9.17) is 10.6 Å². The number of nitrogens with two attached hydrogens (primary N) is 1.